The largest absolute Gasteiger partial charge is 0.496 e. The molecule has 1 atom stereocenters. The standard InChI is InChI=1S/C20H18O7/c1-11(21)25-14-6-4-13(5-7-14)17-10-16(23)20-18(24-3)8-15(26-12(2)22)9-19(20)27-17/h4-9,17H,10H2,1-3H3/t17-/m0/s1. The number of methoxy groups -OCH3 is 1. The normalized spacial score (nSPS) is 15.4. The van der Waals surface area contributed by atoms with Crippen LogP contribution in [-0.2, 0) is 9.59 Å². The molecule has 0 radical (unpaired) electrons. The van der Waals surface area contributed by atoms with Crippen LogP contribution in [0.1, 0.15) is 42.3 Å². The molecule has 0 fully saturated rings. The highest BCUT2D eigenvalue weighted by molar-refractivity contribution is 6.03. The third kappa shape index (κ3) is 4.08. The van der Waals surface area contributed by atoms with Crippen molar-refractivity contribution < 1.29 is 33.3 Å². The highest BCUT2D eigenvalue weighted by atomic mass is 16.5. The molecule has 1 aliphatic heterocycles. The van der Waals surface area contributed by atoms with Crippen LogP contribution in [0.2, 0.25) is 0 Å². The van der Waals surface area contributed by atoms with Gasteiger partial charge in [-0.3, -0.25) is 14.4 Å². The summed E-state index contributed by atoms with van der Waals surface area (Å²) in [6.07, 6.45) is -0.392. The van der Waals surface area contributed by atoms with Crippen molar-refractivity contribution in [3.05, 3.63) is 47.5 Å². The predicted molar refractivity (Wildman–Crippen MR) is 94.4 cm³/mol. The first-order chi connectivity index (χ1) is 12.9. The number of ether oxygens (including phenoxy) is 4. The Hall–Kier alpha value is -3.35. The minimum Gasteiger partial charge on any atom is -0.496 e. The van der Waals surface area contributed by atoms with Crippen molar-refractivity contribution in [3.63, 3.8) is 0 Å². The average molecular weight is 370 g/mol. The number of hydrogen-bond acceptors (Lipinski definition) is 7. The molecular formula is C20H18O7. The molecule has 0 spiro atoms. The maximum absolute atomic E-state index is 12.7. The molecule has 27 heavy (non-hydrogen) atoms. The van der Waals surface area contributed by atoms with Gasteiger partial charge in [0.25, 0.3) is 0 Å². The SMILES string of the molecule is COc1cc(OC(C)=O)cc2c1C(=O)C[C@@H](c1ccc(OC(C)=O)cc1)O2. The van der Waals surface area contributed by atoms with Crippen LogP contribution >= 0.6 is 0 Å². The summed E-state index contributed by atoms with van der Waals surface area (Å²) in [6.45, 7) is 2.60. The molecule has 3 rings (SSSR count). The lowest BCUT2D eigenvalue weighted by Crippen LogP contribution is -2.21. The lowest BCUT2D eigenvalue weighted by atomic mass is 9.95. The fourth-order valence-electron chi connectivity index (χ4n) is 2.89. The van der Waals surface area contributed by atoms with E-state index in [0.29, 0.717) is 11.3 Å². The van der Waals surface area contributed by atoms with Gasteiger partial charge in [-0.15, -0.1) is 0 Å². The second-order valence-corrected chi connectivity index (χ2v) is 5.99. The van der Waals surface area contributed by atoms with Crippen LogP contribution < -0.4 is 18.9 Å². The molecule has 0 saturated carbocycles. The molecule has 1 aliphatic rings. The van der Waals surface area contributed by atoms with E-state index in [1.54, 1.807) is 24.3 Å². The first-order valence-corrected chi connectivity index (χ1v) is 8.26. The Morgan fingerprint density at radius 1 is 1.00 bits per heavy atom. The van der Waals surface area contributed by atoms with Crippen molar-refractivity contribution >= 4 is 17.7 Å². The van der Waals surface area contributed by atoms with Crippen LogP contribution in [0.4, 0.5) is 0 Å². The van der Waals surface area contributed by atoms with Gasteiger partial charge in [0, 0.05) is 26.0 Å². The van der Waals surface area contributed by atoms with Gasteiger partial charge in [-0.25, -0.2) is 0 Å². The highest BCUT2D eigenvalue weighted by Gasteiger charge is 2.31. The lowest BCUT2D eigenvalue weighted by Gasteiger charge is -2.27. The molecular weight excluding hydrogens is 352 g/mol. The molecule has 0 N–H and O–H groups in total. The van der Waals surface area contributed by atoms with Crippen molar-refractivity contribution in [2.75, 3.05) is 7.11 Å². The molecule has 1 heterocycles. The molecule has 140 valence electrons. The van der Waals surface area contributed by atoms with Crippen LogP contribution in [0.5, 0.6) is 23.0 Å². The van der Waals surface area contributed by atoms with Crippen molar-refractivity contribution in [1.29, 1.82) is 0 Å². The van der Waals surface area contributed by atoms with Crippen molar-refractivity contribution in [3.8, 4) is 23.0 Å². The van der Waals surface area contributed by atoms with Gasteiger partial charge in [0.05, 0.1) is 13.5 Å². The Balaban J connectivity index is 1.91. The monoisotopic (exact) mass is 370 g/mol. The second kappa shape index (κ2) is 7.49. The van der Waals surface area contributed by atoms with E-state index in [1.807, 2.05) is 0 Å². The maximum atomic E-state index is 12.7. The Morgan fingerprint density at radius 2 is 1.63 bits per heavy atom. The number of fused-ring (bicyclic) bond motifs is 1. The minimum absolute atomic E-state index is 0.128. The van der Waals surface area contributed by atoms with Crippen molar-refractivity contribution in [2.24, 2.45) is 0 Å². The van der Waals surface area contributed by atoms with Crippen LogP contribution in [0.15, 0.2) is 36.4 Å². The van der Waals surface area contributed by atoms with Crippen LogP contribution in [0.3, 0.4) is 0 Å². The summed E-state index contributed by atoms with van der Waals surface area (Å²) < 4.78 is 21.3. The van der Waals surface area contributed by atoms with Gasteiger partial charge >= 0.3 is 11.9 Å². The van der Waals surface area contributed by atoms with Crippen LogP contribution in [-0.4, -0.2) is 24.8 Å². The predicted octanol–water partition coefficient (Wildman–Crippen LogP) is 3.25. The first-order valence-electron chi connectivity index (χ1n) is 8.26. The minimum atomic E-state index is -0.520. The quantitative estimate of drug-likeness (QED) is 0.603. The van der Waals surface area contributed by atoms with E-state index in [0.717, 1.165) is 5.56 Å². The van der Waals surface area contributed by atoms with E-state index in [-0.39, 0.29) is 29.5 Å². The summed E-state index contributed by atoms with van der Waals surface area (Å²) in [4.78, 5) is 34.9. The zero-order valence-electron chi connectivity index (χ0n) is 15.1. The van der Waals surface area contributed by atoms with E-state index >= 15 is 0 Å². The van der Waals surface area contributed by atoms with Gasteiger partial charge in [0.15, 0.2) is 5.78 Å². The van der Waals surface area contributed by atoms with E-state index in [4.69, 9.17) is 18.9 Å². The van der Waals surface area contributed by atoms with E-state index < -0.39 is 18.0 Å². The number of carbonyl (C=O) groups is 3. The molecule has 0 unspecified atom stereocenters. The Bertz CT molecular complexity index is 899. The molecule has 0 bridgehead atoms. The zero-order valence-corrected chi connectivity index (χ0v) is 15.1. The van der Waals surface area contributed by atoms with Gasteiger partial charge in [-0.2, -0.15) is 0 Å². The number of rotatable bonds is 4. The topological polar surface area (TPSA) is 88.1 Å². The average Bonchev–Trinajstić information content (AvgIpc) is 2.60. The fraction of sp³-hybridized carbons (Fsp3) is 0.250. The summed E-state index contributed by atoms with van der Waals surface area (Å²) in [5, 5.41) is 0. The zero-order chi connectivity index (χ0) is 19.6. The van der Waals surface area contributed by atoms with Gasteiger partial charge in [0.2, 0.25) is 0 Å². The number of ketones is 1. The maximum Gasteiger partial charge on any atom is 0.308 e. The number of Topliss-reactive ketones (excluding diaryl/α,β-unsaturated/α-hetero) is 1. The summed E-state index contributed by atoms with van der Waals surface area (Å²) in [5.74, 6) is 0.178. The summed E-state index contributed by atoms with van der Waals surface area (Å²) in [7, 11) is 1.43. The number of carbonyl (C=O) groups excluding carboxylic acids is 3. The third-order valence-electron chi connectivity index (χ3n) is 3.95. The highest BCUT2D eigenvalue weighted by Crippen LogP contribution is 2.42. The molecule has 2 aromatic rings. The second-order valence-electron chi connectivity index (χ2n) is 5.99. The molecule has 0 aliphatic carbocycles. The first kappa shape index (κ1) is 18.4. The lowest BCUT2D eigenvalue weighted by molar-refractivity contribution is -0.132. The molecule has 0 aromatic heterocycles. The number of benzene rings is 2. The van der Waals surface area contributed by atoms with Gasteiger partial charge in [0.1, 0.15) is 34.7 Å². The molecule has 7 heteroatoms. The molecule has 0 amide bonds. The van der Waals surface area contributed by atoms with Gasteiger partial charge < -0.3 is 18.9 Å². The molecule has 2 aromatic carbocycles. The summed E-state index contributed by atoms with van der Waals surface area (Å²) in [6, 6.07) is 9.71. The van der Waals surface area contributed by atoms with Gasteiger partial charge in [-0.05, 0) is 17.7 Å². The Labute approximate surface area is 155 Å². The van der Waals surface area contributed by atoms with E-state index in [9.17, 15) is 14.4 Å². The Morgan fingerprint density at radius 3 is 2.22 bits per heavy atom. The summed E-state index contributed by atoms with van der Waals surface area (Å²) in [5.41, 5.74) is 1.07. The van der Waals surface area contributed by atoms with E-state index in [2.05, 4.69) is 0 Å². The summed E-state index contributed by atoms with van der Waals surface area (Å²) >= 11 is 0. The Kier molecular flexibility index (Phi) is 5.12. The van der Waals surface area contributed by atoms with Crippen molar-refractivity contribution in [1.82, 2.24) is 0 Å². The van der Waals surface area contributed by atoms with Crippen molar-refractivity contribution in [2.45, 2.75) is 26.4 Å². The molecule has 7 nitrogen and oxygen atoms in total. The van der Waals surface area contributed by atoms with Crippen LogP contribution in [0, 0.1) is 0 Å². The van der Waals surface area contributed by atoms with Gasteiger partial charge in [-0.1, -0.05) is 12.1 Å². The third-order valence-corrected chi connectivity index (χ3v) is 3.95. The number of esters is 2. The fourth-order valence-corrected chi connectivity index (χ4v) is 2.89. The van der Waals surface area contributed by atoms with E-state index in [1.165, 1.54) is 33.1 Å². The number of hydrogen-bond donors (Lipinski definition) is 0. The molecule has 0 saturated heterocycles. The van der Waals surface area contributed by atoms with Crippen LogP contribution in [0.25, 0.3) is 0 Å². The smallest absolute Gasteiger partial charge is 0.308 e.